The highest BCUT2D eigenvalue weighted by atomic mass is 16.3. The number of hydrogen-bond donors (Lipinski definition) is 2. The van der Waals surface area contributed by atoms with Gasteiger partial charge in [0.1, 0.15) is 5.75 Å². The maximum Gasteiger partial charge on any atom is 0.255 e. The molecule has 0 aliphatic rings. The van der Waals surface area contributed by atoms with Gasteiger partial charge >= 0.3 is 0 Å². The zero-order valence-corrected chi connectivity index (χ0v) is 16.9. The van der Waals surface area contributed by atoms with E-state index in [1.54, 1.807) is 24.4 Å². The first-order valence-corrected chi connectivity index (χ1v) is 10.3. The Morgan fingerprint density at radius 1 is 0.964 bits per heavy atom. The van der Waals surface area contributed by atoms with Crippen LogP contribution in [0.3, 0.4) is 0 Å². The summed E-state index contributed by atoms with van der Waals surface area (Å²) in [5, 5.41) is 11.4. The first-order chi connectivity index (χ1) is 13.6. The van der Waals surface area contributed by atoms with Gasteiger partial charge in [-0.05, 0) is 68.6 Å². The smallest absolute Gasteiger partial charge is 0.255 e. The summed E-state index contributed by atoms with van der Waals surface area (Å²) < 4.78 is 0. The van der Waals surface area contributed by atoms with E-state index in [0.29, 0.717) is 10.8 Å². The Labute approximate surface area is 166 Å². The zero-order chi connectivity index (χ0) is 19.9. The molecule has 0 aliphatic heterocycles. The molecule has 4 heteroatoms. The molecule has 0 amide bonds. The topological polar surface area (TPSA) is 56.3 Å². The lowest BCUT2D eigenvalue weighted by Crippen LogP contribution is -2.26. The summed E-state index contributed by atoms with van der Waals surface area (Å²) in [6, 6.07) is 13.5. The number of hydrogen-bond acceptors (Lipinski definition) is 3. The Balaban J connectivity index is 1.74. The predicted octanol–water partition coefficient (Wildman–Crippen LogP) is 4.96. The van der Waals surface area contributed by atoms with E-state index in [-0.39, 0.29) is 11.3 Å². The minimum atomic E-state index is -0.185. The fourth-order valence-corrected chi connectivity index (χ4v) is 3.85. The number of aromatic hydroxyl groups is 1. The number of nitrogens with zero attached hydrogens (tertiary/aromatic N) is 1. The summed E-state index contributed by atoms with van der Waals surface area (Å²) in [5.41, 5.74) is 2.96. The monoisotopic (exact) mass is 378 g/mol. The normalized spacial score (nSPS) is 11.4. The molecule has 148 valence electrons. The fraction of sp³-hybridized carbons (Fsp3) is 0.375. The maximum absolute atomic E-state index is 12.1. The summed E-state index contributed by atoms with van der Waals surface area (Å²) in [6.07, 6.45) is 6.31. The predicted molar refractivity (Wildman–Crippen MR) is 117 cm³/mol. The number of nitrogens with one attached hydrogen (secondary N) is 1. The van der Waals surface area contributed by atoms with Gasteiger partial charge in [-0.2, -0.15) is 0 Å². The summed E-state index contributed by atoms with van der Waals surface area (Å²) in [4.78, 5) is 17.4. The molecule has 0 aliphatic carbocycles. The van der Waals surface area contributed by atoms with Crippen LogP contribution < -0.4 is 5.56 Å². The second kappa shape index (κ2) is 9.56. The van der Waals surface area contributed by atoms with E-state index in [1.165, 1.54) is 31.5 Å². The quantitative estimate of drug-likeness (QED) is 0.553. The number of benzene rings is 2. The van der Waals surface area contributed by atoms with Crippen molar-refractivity contribution in [2.24, 2.45) is 0 Å². The molecule has 1 heterocycles. The van der Waals surface area contributed by atoms with Crippen LogP contribution in [-0.2, 0) is 6.42 Å². The highest BCUT2D eigenvalue weighted by Crippen LogP contribution is 2.32. The van der Waals surface area contributed by atoms with Crippen LogP contribution in [0, 0.1) is 0 Å². The Morgan fingerprint density at radius 2 is 1.68 bits per heavy atom. The molecule has 0 radical (unpaired) electrons. The molecule has 0 atom stereocenters. The highest BCUT2D eigenvalue weighted by molar-refractivity contribution is 5.99. The van der Waals surface area contributed by atoms with Gasteiger partial charge in [0.05, 0.1) is 5.39 Å². The molecule has 2 N–H and O–H groups in total. The number of aromatic nitrogens is 1. The average Bonchev–Trinajstić information content (AvgIpc) is 2.70. The zero-order valence-electron chi connectivity index (χ0n) is 16.9. The van der Waals surface area contributed by atoms with Gasteiger partial charge in [0.25, 0.3) is 5.56 Å². The van der Waals surface area contributed by atoms with Gasteiger partial charge in [0.2, 0.25) is 0 Å². The fourth-order valence-electron chi connectivity index (χ4n) is 3.85. The van der Waals surface area contributed by atoms with E-state index >= 15 is 0 Å². The molecule has 3 rings (SSSR count). The lowest BCUT2D eigenvalue weighted by Gasteiger charge is -2.20. The van der Waals surface area contributed by atoms with Gasteiger partial charge in [0.15, 0.2) is 0 Å². The summed E-state index contributed by atoms with van der Waals surface area (Å²) >= 11 is 0. The van der Waals surface area contributed by atoms with Crippen LogP contribution in [0.1, 0.15) is 38.7 Å². The van der Waals surface area contributed by atoms with Crippen LogP contribution in [0.5, 0.6) is 5.75 Å². The number of fused-ring (bicyclic) bond motifs is 1. The van der Waals surface area contributed by atoms with E-state index in [4.69, 9.17) is 0 Å². The highest BCUT2D eigenvalue weighted by Gasteiger charge is 2.11. The molecule has 4 nitrogen and oxygen atoms in total. The van der Waals surface area contributed by atoms with Crippen molar-refractivity contribution in [2.75, 3.05) is 19.6 Å². The van der Waals surface area contributed by atoms with E-state index in [0.717, 1.165) is 30.5 Å². The first kappa shape index (κ1) is 20.2. The molecular formula is C24H30N2O2. The molecule has 0 saturated carbocycles. The average molecular weight is 379 g/mol. The summed E-state index contributed by atoms with van der Waals surface area (Å²) in [7, 11) is 0. The number of rotatable bonds is 9. The number of aromatic amines is 1. The minimum absolute atomic E-state index is 0.134. The molecule has 2 aromatic carbocycles. The van der Waals surface area contributed by atoms with E-state index < -0.39 is 0 Å². The van der Waals surface area contributed by atoms with Crippen LogP contribution in [0.4, 0.5) is 0 Å². The van der Waals surface area contributed by atoms with Crippen LogP contribution in [-0.4, -0.2) is 34.6 Å². The minimum Gasteiger partial charge on any atom is -0.507 e. The second-order valence-corrected chi connectivity index (χ2v) is 7.37. The third-order valence-electron chi connectivity index (χ3n) is 5.19. The van der Waals surface area contributed by atoms with Crippen LogP contribution >= 0.6 is 0 Å². The largest absolute Gasteiger partial charge is 0.507 e. The van der Waals surface area contributed by atoms with Gasteiger partial charge in [-0.25, -0.2) is 0 Å². The van der Waals surface area contributed by atoms with Gasteiger partial charge in [0, 0.05) is 17.1 Å². The van der Waals surface area contributed by atoms with Crippen molar-refractivity contribution in [1.29, 1.82) is 0 Å². The number of aryl methyl sites for hydroxylation is 1. The van der Waals surface area contributed by atoms with E-state index in [9.17, 15) is 9.90 Å². The molecule has 1 aromatic heterocycles. The second-order valence-electron chi connectivity index (χ2n) is 7.37. The van der Waals surface area contributed by atoms with Crippen LogP contribution in [0.15, 0.2) is 53.5 Å². The van der Waals surface area contributed by atoms with Crippen molar-refractivity contribution in [3.05, 3.63) is 64.6 Å². The Kier molecular flexibility index (Phi) is 6.88. The molecule has 0 unspecified atom stereocenters. The molecule has 0 bridgehead atoms. The Bertz CT molecular complexity index is 954. The Morgan fingerprint density at radius 3 is 2.36 bits per heavy atom. The van der Waals surface area contributed by atoms with Crippen molar-refractivity contribution in [1.82, 2.24) is 9.88 Å². The lowest BCUT2D eigenvalue weighted by molar-refractivity contribution is 0.271. The van der Waals surface area contributed by atoms with Gasteiger partial charge in [-0.15, -0.1) is 0 Å². The molecule has 3 aromatic rings. The number of phenolic OH excluding ortho intramolecular Hbond substituents is 1. The number of H-pyrrole nitrogens is 1. The van der Waals surface area contributed by atoms with E-state index in [1.807, 2.05) is 0 Å². The van der Waals surface area contributed by atoms with Crippen molar-refractivity contribution in [2.45, 2.75) is 39.5 Å². The van der Waals surface area contributed by atoms with Crippen LogP contribution in [0.25, 0.3) is 21.9 Å². The maximum atomic E-state index is 12.1. The molecule has 0 fully saturated rings. The van der Waals surface area contributed by atoms with Gasteiger partial charge in [-0.3, -0.25) is 4.79 Å². The summed E-state index contributed by atoms with van der Waals surface area (Å²) in [5.74, 6) is 0.134. The molecule has 0 spiro atoms. The SMILES string of the molecule is CCCN(CCC)CCCc1ccc(-c2c[nH]c(=O)c3cccc(O)c23)cc1. The molecule has 0 saturated heterocycles. The van der Waals surface area contributed by atoms with E-state index in [2.05, 4.69) is 48.0 Å². The standard InChI is InChI=1S/C24H30N2O2/c1-3-14-26(15-4-2)16-6-7-18-10-12-19(13-11-18)21-17-25-24(28)20-8-5-9-22(27)23(20)21/h5,8-13,17,27H,3-4,6-7,14-16H2,1-2H3,(H,25,28). The first-order valence-electron chi connectivity index (χ1n) is 10.3. The van der Waals surface area contributed by atoms with Crippen molar-refractivity contribution in [3.8, 4) is 16.9 Å². The Hall–Kier alpha value is -2.59. The molecular weight excluding hydrogens is 348 g/mol. The van der Waals surface area contributed by atoms with Gasteiger partial charge in [-0.1, -0.05) is 44.2 Å². The molecule has 28 heavy (non-hydrogen) atoms. The van der Waals surface area contributed by atoms with Gasteiger partial charge < -0.3 is 15.0 Å². The van der Waals surface area contributed by atoms with Crippen molar-refractivity contribution >= 4 is 10.8 Å². The number of pyridine rings is 1. The third-order valence-corrected chi connectivity index (χ3v) is 5.19. The lowest BCUT2D eigenvalue weighted by atomic mass is 9.98. The van der Waals surface area contributed by atoms with Crippen molar-refractivity contribution < 1.29 is 5.11 Å². The summed E-state index contributed by atoms with van der Waals surface area (Å²) in [6.45, 7) is 7.96. The van der Waals surface area contributed by atoms with Crippen molar-refractivity contribution in [3.63, 3.8) is 0 Å². The van der Waals surface area contributed by atoms with Crippen LogP contribution in [0.2, 0.25) is 0 Å². The number of phenols is 1. The third kappa shape index (κ3) is 4.63.